The Hall–Kier alpha value is -4.19. The topological polar surface area (TPSA) is 78.9 Å². The van der Waals surface area contributed by atoms with Gasteiger partial charge in [0.2, 0.25) is 0 Å². The van der Waals surface area contributed by atoms with Crippen LogP contribution in [-0.2, 0) is 28.6 Å². The smallest absolute Gasteiger partial charge is 0.306 e. The molecule has 0 aliphatic rings. The first-order valence-electron chi connectivity index (χ1n) is 26.0. The third-order valence-corrected chi connectivity index (χ3v) is 10.4. The molecule has 0 heterocycles. The van der Waals surface area contributed by atoms with E-state index in [9.17, 15) is 14.4 Å². The summed E-state index contributed by atoms with van der Waals surface area (Å²) in [6, 6.07) is 0. The first-order chi connectivity index (χ1) is 32.0. The second-order valence-corrected chi connectivity index (χ2v) is 16.7. The minimum Gasteiger partial charge on any atom is -0.462 e. The van der Waals surface area contributed by atoms with Gasteiger partial charge in [-0.1, -0.05) is 187 Å². The van der Waals surface area contributed by atoms with Crippen molar-refractivity contribution in [1.82, 2.24) is 0 Å². The molecule has 0 fully saturated rings. The Morgan fingerprint density at radius 1 is 0.323 bits per heavy atom. The maximum atomic E-state index is 12.8. The molecule has 0 saturated carbocycles. The highest BCUT2D eigenvalue weighted by Crippen LogP contribution is 2.12. The molecule has 0 N–H and O–H groups in total. The minimum absolute atomic E-state index is 0.113. The van der Waals surface area contributed by atoms with E-state index in [0.29, 0.717) is 19.3 Å². The molecule has 0 bridgehead atoms. The number of allylic oxidation sites excluding steroid dienone is 20. The van der Waals surface area contributed by atoms with Gasteiger partial charge in [0.05, 0.1) is 0 Å². The average Bonchev–Trinajstić information content (AvgIpc) is 3.30. The molecule has 0 radical (unpaired) electrons. The van der Waals surface area contributed by atoms with Crippen molar-refractivity contribution in [2.45, 2.75) is 219 Å². The van der Waals surface area contributed by atoms with E-state index in [1.54, 1.807) is 0 Å². The van der Waals surface area contributed by atoms with E-state index in [2.05, 4.69) is 142 Å². The summed E-state index contributed by atoms with van der Waals surface area (Å²) in [6.45, 7) is 6.30. The Bertz CT molecular complexity index is 1400. The van der Waals surface area contributed by atoms with Crippen LogP contribution in [0.1, 0.15) is 213 Å². The molecular weight excluding hydrogens is 805 g/mol. The molecule has 0 aliphatic carbocycles. The molecular formula is C59H94O6. The molecule has 0 aromatic heterocycles. The fourth-order valence-electron chi connectivity index (χ4n) is 6.57. The summed E-state index contributed by atoms with van der Waals surface area (Å²) >= 11 is 0. The quantitative estimate of drug-likeness (QED) is 0.0262. The molecule has 0 aliphatic heterocycles. The molecule has 0 unspecified atom stereocenters. The molecule has 65 heavy (non-hydrogen) atoms. The van der Waals surface area contributed by atoms with Crippen LogP contribution in [0.15, 0.2) is 122 Å². The summed E-state index contributed by atoms with van der Waals surface area (Å²) in [7, 11) is 0. The van der Waals surface area contributed by atoms with Crippen LogP contribution < -0.4 is 0 Å². The lowest BCUT2D eigenvalue weighted by Crippen LogP contribution is -2.30. The van der Waals surface area contributed by atoms with Gasteiger partial charge >= 0.3 is 17.9 Å². The van der Waals surface area contributed by atoms with Crippen molar-refractivity contribution in [3.8, 4) is 0 Å². The number of hydrogen-bond donors (Lipinski definition) is 0. The zero-order valence-corrected chi connectivity index (χ0v) is 41.7. The Morgan fingerprint density at radius 3 is 1.00 bits per heavy atom. The highest BCUT2D eigenvalue weighted by atomic mass is 16.6. The predicted octanol–water partition coefficient (Wildman–Crippen LogP) is 17.3. The molecule has 1 atom stereocenters. The second kappa shape index (κ2) is 52.4. The summed E-state index contributed by atoms with van der Waals surface area (Å²) in [5.41, 5.74) is 0. The van der Waals surface area contributed by atoms with Crippen LogP contribution in [0.2, 0.25) is 0 Å². The number of rotatable bonds is 45. The molecule has 6 nitrogen and oxygen atoms in total. The summed E-state index contributed by atoms with van der Waals surface area (Å²) < 4.78 is 16.7. The van der Waals surface area contributed by atoms with Crippen LogP contribution in [0, 0.1) is 0 Å². The highest BCUT2D eigenvalue weighted by molar-refractivity contribution is 5.71. The molecule has 366 valence electrons. The Balaban J connectivity index is 4.54. The zero-order valence-electron chi connectivity index (χ0n) is 41.7. The summed E-state index contributed by atoms with van der Waals surface area (Å²) in [5, 5.41) is 0. The second-order valence-electron chi connectivity index (χ2n) is 16.7. The average molecular weight is 899 g/mol. The molecule has 0 amide bonds. The fraction of sp³-hybridized carbons (Fsp3) is 0.610. The zero-order chi connectivity index (χ0) is 47.2. The van der Waals surface area contributed by atoms with Gasteiger partial charge in [-0.25, -0.2) is 0 Å². The van der Waals surface area contributed by atoms with Gasteiger partial charge in [0.1, 0.15) is 13.2 Å². The lowest BCUT2D eigenvalue weighted by Gasteiger charge is -2.18. The van der Waals surface area contributed by atoms with E-state index in [0.717, 1.165) is 128 Å². The van der Waals surface area contributed by atoms with Gasteiger partial charge in [0.15, 0.2) is 6.10 Å². The van der Waals surface area contributed by atoms with Crippen molar-refractivity contribution < 1.29 is 28.6 Å². The van der Waals surface area contributed by atoms with Gasteiger partial charge in [-0.15, -0.1) is 0 Å². The summed E-state index contributed by atoms with van der Waals surface area (Å²) in [4.78, 5) is 38.0. The Kier molecular flexibility index (Phi) is 49.1. The number of unbranched alkanes of at least 4 members (excludes halogenated alkanes) is 14. The summed E-state index contributed by atoms with van der Waals surface area (Å²) in [6.07, 6.45) is 71.8. The lowest BCUT2D eigenvalue weighted by atomic mass is 10.1. The largest absolute Gasteiger partial charge is 0.462 e. The maximum Gasteiger partial charge on any atom is 0.306 e. The number of esters is 3. The van der Waals surface area contributed by atoms with E-state index in [1.807, 2.05) is 0 Å². The van der Waals surface area contributed by atoms with Crippen molar-refractivity contribution in [3.63, 3.8) is 0 Å². The number of ether oxygens (including phenoxy) is 3. The maximum absolute atomic E-state index is 12.8. The number of hydrogen-bond acceptors (Lipinski definition) is 6. The SMILES string of the molecule is CC/C=C\C/C=C\C/C=C\C/C=C\C/C=C\CCCCCC(=O)OC[C@H](COC(=O)CCCCCCC/C=C\CCCCCC)OC(=O)CCCC/C=C\C/C=C\C/C=C\C/C=C\CC. The molecule has 6 heteroatoms. The third-order valence-electron chi connectivity index (χ3n) is 10.4. The number of carbonyl (C=O) groups excluding carboxylic acids is 3. The third kappa shape index (κ3) is 50.7. The summed E-state index contributed by atoms with van der Waals surface area (Å²) in [5.74, 6) is -1.00. The predicted molar refractivity (Wildman–Crippen MR) is 279 cm³/mol. The van der Waals surface area contributed by atoms with Gasteiger partial charge in [0, 0.05) is 19.3 Å². The lowest BCUT2D eigenvalue weighted by molar-refractivity contribution is -0.167. The van der Waals surface area contributed by atoms with Crippen molar-refractivity contribution >= 4 is 17.9 Å². The monoisotopic (exact) mass is 899 g/mol. The standard InChI is InChI=1S/C59H94O6/c1-4-7-10-13-16-19-22-25-27-28-29-30-32-34-37-40-43-46-49-52-58(61)64-55-56(54-63-57(60)51-48-45-42-39-36-33-24-21-18-15-12-9-6-3)65-59(62)53-50-47-44-41-38-35-31-26-23-20-17-14-11-8-5-2/h7-8,10-11,16-17,19-21,24-27,29-31,34,37-38,41,56H,4-6,9,12-15,18,22-23,28,32-33,35-36,39-40,42-55H2,1-3H3/b10-7-,11-8-,19-16-,20-17-,24-21-,27-25-,30-29-,31-26-,37-34-,41-38-/t56-/m0/s1. The van der Waals surface area contributed by atoms with Gasteiger partial charge in [-0.2, -0.15) is 0 Å². The van der Waals surface area contributed by atoms with Crippen LogP contribution in [0.4, 0.5) is 0 Å². The van der Waals surface area contributed by atoms with Gasteiger partial charge in [-0.3, -0.25) is 14.4 Å². The van der Waals surface area contributed by atoms with Gasteiger partial charge in [0.25, 0.3) is 0 Å². The normalized spacial score (nSPS) is 13.1. The van der Waals surface area contributed by atoms with Gasteiger partial charge < -0.3 is 14.2 Å². The van der Waals surface area contributed by atoms with E-state index < -0.39 is 6.10 Å². The van der Waals surface area contributed by atoms with Crippen LogP contribution in [-0.4, -0.2) is 37.2 Å². The van der Waals surface area contributed by atoms with E-state index in [4.69, 9.17) is 14.2 Å². The minimum atomic E-state index is -0.820. The van der Waals surface area contributed by atoms with E-state index in [1.165, 1.54) is 38.5 Å². The molecule has 0 saturated heterocycles. The van der Waals surface area contributed by atoms with Crippen LogP contribution in [0.3, 0.4) is 0 Å². The van der Waals surface area contributed by atoms with Crippen molar-refractivity contribution in [3.05, 3.63) is 122 Å². The van der Waals surface area contributed by atoms with E-state index in [-0.39, 0.29) is 37.5 Å². The van der Waals surface area contributed by atoms with Crippen molar-refractivity contribution in [2.75, 3.05) is 13.2 Å². The van der Waals surface area contributed by atoms with Crippen molar-refractivity contribution in [2.24, 2.45) is 0 Å². The van der Waals surface area contributed by atoms with Crippen LogP contribution >= 0.6 is 0 Å². The first kappa shape index (κ1) is 60.8. The molecule has 0 aromatic carbocycles. The first-order valence-corrected chi connectivity index (χ1v) is 26.0. The Labute approximate surface area is 399 Å². The van der Waals surface area contributed by atoms with Crippen LogP contribution in [0.5, 0.6) is 0 Å². The molecule has 0 spiro atoms. The van der Waals surface area contributed by atoms with Crippen LogP contribution in [0.25, 0.3) is 0 Å². The van der Waals surface area contributed by atoms with Crippen molar-refractivity contribution in [1.29, 1.82) is 0 Å². The molecule has 0 aromatic rings. The fourth-order valence-corrected chi connectivity index (χ4v) is 6.57. The van der Waals surface area contributed by atoms with E-state index >= 15 is 0 Å². The Morgan fingerprint density at radius 2 is 0.600 bits per heavy atom. The van der Waals surface area contributed by atoms with Gasteiger partial charge in [-0.05, 0) is 128 Å². The highest BCUT2D eigenvalue weighted by Gasteiger charge is 2.19. The number of carbonyl (C=O) groups is 3. The molecule has 0 rings (SSSR count).